The standard InChI is InChI=1S/C12H17FO2/c1-4-10(14)12(15)11-8(3)5-7(2)6-9(11)13/h5-6,10,12,14-15H,4H2,1-3H3. The van der Waals surface area contributed by atoms with Crippen molar-refractivity contribution in [2.24, 2.45) is 0 Å². The molecule has 3 heteroatoms. The van der Waals surface area contributed by atoms with Crippen molar-refractivity contribution in [3.8, 4) is 0 Å². The molecule has 0 aromatic heterocycles. The van der Waals surface area contributed by atoms with Gasteiger partial charge in [0.05, 0.1) is 6.10 Å². The summed E-state index contributed by atoms with van der Waals surface area (Å²) in [6.07, 6.45) is -1.66. The first kappa shape index (κ1) is 12.1. The summed E-state index contributed by atoms with van der Waals surface area (Å²) in [7, 11) is 0. The lowest BCUT2D eigenvalue weighted by Gasteiger charge is -2.19. The lowest BCUT2D eigenvalue weighted by atomic mass is 9.96. The fourth-order valence-corrected chi connectivity index (χ4v) is 1.72. The molecule has 0 bridgehead atoms. The number of halogens is 1. The van der Waals surface area contributed by atoms with Crippen LogP contribution in [-0.4, -0.2) is 16.3 Å². The lowest BCUT2D eigenvalue weighted by Crippen LogP contribution is -2.19. The van der Waals surface area contributed by atoms with Gasteiger partial charge in [0.1, 0.15) is 11.9 Å². The van der Waals surface area contributed by atoms with Crippen LogP contribution in [0.3, 0.4) is 0 Å². The third kappa shape index (κ3) is 2.55. The summed E-state index contributed by atoms with van der Waals surface area (Å²) in [6.45, 7) is 5.27. The average molecular weight is 212 g/mol. The van der Waals surface area contributed by atoms with Gasteiger partial charge in [0.25, 0.3) is 0 Å². The zero-order valence-corrected chi connectivity index (χ0v) is 9.29. The van der Waals surface area contributed by atoms with E-state index < -0.39 is 18.0 Å². The number of aryl methyl sites for hydroxylation is 2. The van der Waals surface area contributed by atoms with E-state index in [-0.39, 0.29) is 5.56 Å². The van der Waals surface area contributed by atoms with Gasteiger partial charge in [-0.25, -0.2) is 4.39 Å². The van der Waals surface area contributed by atoms with E-state index in [0.29, 0.717) is 12.0 Å². The van der Waals surface area contributed by atoms with Crippen molar-refractivity contribution in [3.05, 3.63) is 34.6 Å². The monoisotopic (exact) mass is 212 g/mol. The van der Waals surface area contributed by atoms with Crippen LogP contribution in [0.4, 0.5) is 4.39 Å². The summed E-state index contributed by atoms with van der Waals surface area (Å²) in [5, 5.41) is 19.2. The normalized spacial score (nSPS) is 15.1. The molecule has 2 N–H and O–H groups in total. The molecule has 0 fully saturated rings. The van der Waals surface area contributed by atoms with Crippen LogP contribution in [0.15, 0.2) is 12.1 Å². The van der Waals surface area contributed by atoms with Gasteiger partial charge in [-0.1, -0.05) is 13.0 Å². The van der Waals surface area contributed by atoms with Gasteiger partial charge in [0.2, 0.25) is 0 Å². The van der Waals surface area contributed by atoms with Crippen molar-refractivity contribution >= 4 is 0 Å². The summed E-state index contributed by atoms with van der Waals surface area (Å²) >= 11 is 0. The summed E-state index contributed by atoms with van der Waals surface area (Å²) in [4.78, 5) is 0. The fraction of sp³-hybridized carbons (Fsp3) is 0.500. The molecule has 0 aliphatic rings. The molecule has 0 radical (unpaired) electrons. The van der Waals surface area contributed by atoms with Crippen molar-refractivity contribution in [1.82, 2.24) is 0 Å². The highest BCUT2D eigenvalue weighted by Gasteiger charge is 2.22. The van der Waals surface area contributed by atoms with Crippen LogP contribution >= 0.6 is 0 Å². The molecule has 0 spiro atoms. The molecule has 2 unspecified atom stereocenters. The van der Waals surface area contributed by atoms with Crippen molar-refractivity contribution in [2.75, 3.05) is 0 Å². The summed E-state index contributed by atoms with van der Waals surface area (Å²) in [5.41, 5.74) is 1.69. The Balaban J connectivity index is 3.13. The Morgan fingerprint density at radius 1 is 1.27 bits per heavy atom. The van der Waals surface area contributed by atoms with E-state index >= 15 is 0 Å². The quantitative estimate of drug-likeness (QED) is 0.806. The lowest BCUT2D eigenvalue weighted by molar-refractivity contribution is 0.0140. The van der Waals surface area contributed by atoms with Crippen LogP contribution in [0, 0.1) is 19.7 Å². The number of aliphatic hydroxyl groups is 2. The zero-order chi connectivity index (χ0) is 11.6. The third-order valence-electron chi connectivity index (χ3n) is 2.56. The Morgan fingerprint density at radius 2 is 1.87 bits per heavy atom. The van der Waals surface area contributed by atoms with Gasteiger partial charge in [0, 0.05) is 5.56 Å². The SMILES string of the molecule is CCC(O)C(O)c1c(C)cc(C)cc1F. The number of rotatable bonds is 3. The minimum Gasteiger partial charge on any atom is -0.390 e. The molecule has 1 aromatic carbocycles. The third-order valence-corrected chi connectivity index (χ3v) is 2.56. The Hall–Kier alpha value is -0.930. The van der Waals surface area contributed by atoms with Crippen LogP contribution < -0.4 is 0 Å². The number of aliphatic hydroxyl groups excluding tert-OH is 2. The molecule has 0 aliphatic carbocycles. The van der Waals surface area contributed by atoms with E-state index in [1.165, 1.54) is 6.07 Å². The van der Waals surface area contributed by atoms with Gasteiger partial charge in [-0.15, -0.1) is 0 Å². The first-order valence-corrected chi connectivity index (χ1v) is 5.10. The van der Waals surface area contributed by atoms with Crippen LogP contribution in [0.2, 0.25) is 0 Å². The average Bonchev–Trinajstić information content (AvgIpc) is 2.14. The largest absolute Gasteiger partial charge is 0.390 e. The van der Waals surface area contributed by atoms with E-state index in [1.807, 2.05) is 0 Å². The van der Waals surface area contributed by atoms with Crippen molar-refractivity contribution < 1.29 is 14.6 Å². The van der Waals surface area contributed by atoms with Gasteiger partial charge < -0.3 is 10.2 Å². The van der Waals surface area contributed by atoms with Crippen LogP contribution in [-0.2, 0) is 0 Å². The molecule has 2 nitrogen and oxygen atoms in total. The molecule has 0 aliphatic heterocycles. The van der Waals surface area contributed by atoms with Crippen LogP contribution in [0.5, 0.6) is 0 Å². The van der Waals surface area contributed by atoms with Gasteiger partial charge >= 0.3 is 0 Å². The smallest absolute Gasteiger partial charge is 0.129 e. The minimum atomic E-state index is -1.14. The Labute approximate surface area is 89.4 Å². The maximum atomic E-state index is 13.6. The molecule has 1 aromatic rings. The van der Waals surface area contributed by atoms with E-state index in [4.69, 9.17) is 0 Å². The van der Waals surface area contributed by atoms with Gasteiger partial charge in [0.15, 0.2) is 0 Å². The topological polar surface area (TPSA) is 40.5 Å². The molecular formula is C12H17FO2. The highest BCUT2D eigenvalue weighted by molar-refractivity contribution is 5.34. The second kappa shape index (κ2) is 4.73. The maximum absolute atomic E-state index is 13.6. The maximum Gasteiger partial charge on any atom is 0.129 e. The number of hydrogen-bond acceptors (Lipinski definition) is 2. The van der Waals surface area contributed by atoms with E-state index in [1.54, 1.807) is 26.8 Å². The summed E-state index contributed by atoms with van der Waals surface area (Å²) in [5.74, 6) is -0.451. The first-order chi connectivity index (χ1) is 6.97. The molecule has 0 amide bonds. The van der Waals surface area contributed by atoms with Crippen molar-refractivity contribution in [2.45, 2.75) is 39.4 Å². The predicted molar refractivity (Wildman–Crippen MR) is 57.1 cm³/mol. The van der Waals surface area contributed by atoms with E-state index in [2.05, 4.69) is 0 Å². The van der Waals surface area contributed by atoms with Gasteiger partial charge in [-0.3, -0.25) is 0 Å². The van der Waals surface area contributed by atoms with E-state index in [0.717, 1.165) is 5.56 Å². The minimum absolute atomic E-state index is 0.204. The summed E-state index contributed by atoms with van der Waals surface area (Å²) < 4.78 is 13.6. The second-order valence-electron chi connectivity index (χ2n) is 3.90. The Morgan fingerprint density at radius 3 is 2.33 bits per heavy atom. The first-order valence-electron chi connectivity index (χ1n) is 5.10. The zero-order valence-electron chi connectivity index (χ0n) is 9.29. The molecule has 0 saturated heterocycles. The summed E-state index contributed by atoms with van der Waals surface area (Å²) in [6, 6.07) is 3.16. The Kier molecular flexibility index (Phi) is 3.83. The van der Waals surface area contributed by atoms with Crippen LogP contribution in [0.25, 0.3) is 0 Å². The molecule has 1 rings (SSSR count). The van der Waals surface area contributed by atoms with Crippen molar-refractivity contribution in [1.29, 1.82) is 0 Å². The van der Waals surface area contributed by atoms with Crippen LogP contribution in [0.1, 0.15) is 36.1 Å². The van der Waals surface area contributed by atoms with E-state index in [9.17, 15) is 14.6 Å². The number of benzene rings is 1. The molecule has 84 valence electrons. The van der Waals surface area contributed by atoms with Gasteiger partial charge in [-0.2, -0.15) is 0 Å². The molecule has 0 saturated carbocycles. The predicted octanol–water partition coefficient (Wildman–Crippen LogP) is 2.25. The number of hydrogen-bond donors (Lipinski definition) is 2. The van der Waals surface area contributed by atoms with Gasteiger partial charge in [-0.05, 0) is 37.5 Å². The highest BCUT2D eigenvalue weighted by Crippen LogP contribution is 2.26. The van der Waals surface area contributed by atoms with Crippen molar-refractivity contribution in [3.63, 3.8) is 0 Å². The molecule has 15 heavy (non-hydrogen) atoms. The molecular weight excluding hydrogens is 195 g/mol. The second-order valence-corrected chi connectivity index (χ2v) is 3.90. The Bertz CT molecular complexity index is 326. The molecule has 0 heterocycles. The molecule has 2 atom stereocenters. The fourth-order valence-electron chi connectivity index (χ4n) is 1.72. The highest BCUT2D eigenvalue weighted by atomic mass is 19.1.